The number of hydrogen-bond acceptors (Lipinski definition) is 1. The van der Waals surface area contributed by atoms with Crippen molar-refractivity contribution in [2.24, 2.45) is 0 Å². The molecule has 0 saturated heterocycles. The second-order valence-electron chi connectivity index (χ2n) is 4.77. The lowest BCUT2D eigenvalue weighted by Crippen LogP contribution is -2.21. The van der Waals surface area contributed by atoms with E-state index in [1.165, 1.54) is 24.3 Å². The third-order valence-corrected chi connectivity index (χ3v) is 4.14. The molecule has 0 aliphatic carbocycles. The first-order chi connectivity index (χ1) is 9.56. The van der Waals surface area contributed by atoms with Crippen LogP contribution in [-0.2, 0) is 13.0 Å². The van der Waals surface area contributed by atoms with Crippen LogP contribution in [0.1, 0.15) is 11.1 Å². The lowest BCUT2D eigenvalue weighted by Gasteiger charge is -2.20. The molecule has 0 amide bonds. The van der Waals surface area contributed by atoms with Gasteiger partial charge in [0.15, 0.2) is 0 Å². The summed E-state index contributed by atoms with van der Waals surface area (Å²) >= 11 is 3.05. The average molecular weight is 342 g/mol. The third-order valence-electron chi connectivity index (χ3n) is 3.53. The van der Waals surface area contributed by atoms with E-state index in [-0.39, 0.29) is 22.4 Å². The second-order valence-corrected chi connectivity index (χ2v) is 5.62. The fourth-order valence-electron chi connectivity index (χ4n) is 2.49. The minimum atomic E-state index is -0.602. The fraction of sp³-hybridized carbons (Fsp3) is 0.200. The quantitative estimate of drug-likeness (QED) is 0.730. The molecule has 0 saturated carbocycles. The maximum Gasteiger partial charge on any atom is 0.145 e. The van der Waals surface area contributed by atoms with E-state index in [0.717, 1.165) is 12.0 Å². The molecular formula is C15H11BrF3N. The molecule has 20 heavy (non-hydrogen) atoms. The summed E-state index contributed by atoms with van der Waals surface area (Å²) in [5, 5.41) is 0. The van der Waals surface area contributed by atoms with Gasteiger partial charge in [0.05, 0.1) is 4.47 Å². The molecule has 1 nitrogen and oxygen atoms in total. The monoisotopic (exact) mass is 341 g/mol. The maximum atomic E-state index is 14.0. The summed E-state index contributed by atoms with van der Waals surface area (Å²) in [7, 11) is 0. The Morgan fingerprint density at radius 2 is 1.90 bits per heavy atom. The van der Waals surface area contributed by atoms with Gasteiger partial charge in [0.1, 0.15) is 17.5 Å². The van der Waals surface area contributed by atoms with Gasteiger partial charge in [0.2, 0.25) is 0 Å². The fourth-order valence-corrected chi connectivity index (χ4v) is 2.86. The Morgan fingerprint density at radius 3 is 2.70 bits per heavy atom. The SMILES string of the molecule is Fc1ccc2c(c1)N(Cc1c(F)ccc(Br)c1F)CC2. The smallest absolute Gasteiger partial charge is 0.145 e. The van der Waals surface area contributed by atoms with E-state index in [1.807, 2.05) is 0 Å². The van der Waals surface area contributed by atoms with Crippen molar-refractivity contribution in [3.8, 4) is 0 Å². The van der Waals surface area contributed by atoms with Crippen LogP contribution in [0.3, 0.4) is 0 Å². The van der Waals surface area contributed by atoms with Crippen LogP contribution in [0.15, 0.2) is 34.8 Å². The Morgan fingerprint density at radius 1 is 1.10 bits per heavy atom. The number of halogens is 4. The highest BCUT2D eigenvalue weighted by molar-refractivity contribution is 9.10. The van der Waals surface area contributed by atoms with Crippen LogP contribution in [0.5, 0.6) is 0 Å². The molecule has 0 bridgehead atoms. The van der Waals surface area contributed by atoms with Gasteiger partial charge >= 0.3 is 0 Å². The van der Waals surface area contributed by atoms with Crippen LogP contribution in [0.25, 0.3) is 0 Å². The molecule has 0 atom stereocenters. The summed E-state index contributed by atoms with van der Waals surface area (Å²) in [6, 6.07) is 7.11. The zero-order chi connectivity index (χ0) is 14.3. The number of anilines is 1. The minimum Gasteiger partial charge on any atom is -0.366 e. The van der Waals surface area contributed by atoms with E-state index in [4.69, 9.17) is 0 Å². The minimum absolute atomic E-state index is 0.00325. The molecule has 3 rings (SSSR count). The van der Waals surface area contributed by atoms with Gasteiger partial charge in [0, 0.05) is 24.3 Å². The summed E-state index contributed by atoms with van der Waals surface area (Å²) in [5.41, 5.74) is 1.71. The molecule has 0 unspecified atom stereocenters. The van der Waals surface area contributed by atoms with Gasteiger partial charge in [-0.15, -0.1) is 0 Å². The van der Waals surface area contributed by atoms with Crippen molar-refractivity contribution in [1.82, 2.24) is 0 Å². The lowest BCUT2D eigenvalue weighted by molar-refractivity contribution is 0.547. The van der Waals surface area contributed by atoms with Gasteiger partial charge in [-0.1, -0.05) is 6.07 Å². The van der Waals surface area contributed by atoms with E-state index in [1.54, 1.807) is 11.0 Å². The van der Waals surface area contributed by atoms with Crippen molar-refractivity contribution >= 4 is 21.6 Å². The Labute approximate surface area is 123 Å². The molecular weight excluding hydrogens is 331 g/mol. The van der Waals surface area contributed by atoms with Crippen molar-refractivity contribution in [1.29, 1.82) is 0 Å². The molecule has 1 heterocycles. The normalized spacial score (nSPS) is 13.7. The van der Waals surface area contributed by atoms with E-state index in [2.05, 4.69) is 15.9 Å². The molecule has 1 aliphatic rings. The standard InChI is InChI=1S/C15H11BrF3N/c16-12-3-4-13(18)11(15(12)19)8-20-6-5-9-1-2-10(17)7-14(9)20/h1-4,7H,5-6,8H2. The average Bonchev–Trinajstić information content (AvgIpc) is 2.81. The molecule has 0 fully saturated rings. The van der Waals surface area contributed by atoms with Gasteiger partial charge in [0.25, 0.3) is 0 Å². The highest BCUT2D eigenvalue weighted by Crippen LogP contribution is 2.31. The van der Waals surface area contributed by atoms with Crippen molar-refractivity contribution in [2.45, 2.75) is 13.0 Å². The van der Waals surface area contributed by atoms with Crippen LogP contribution in [-0.4, -0.2) is 6.54 Å². The van der Waals surface area contributed by atoms with E-state index in [9.17, 15) is 13.2 Å². The highest BCUT2D eigenvalue weighted by Gasteiger charge is 2.23. The highest BCUT2D eigenvalue weighted by atomic mass is 79.9. The molecule has 2 aromatic rings. The Bertz CT molecular complexity index is 672. The summed E-state index contributed by atoms with van der Waals surface area (Å²) in [6.07, 6.45) is 0.757. The van der Waals surface area contributed by atoms with Crippen molar-refractivity contribution < 1.29 is 13.2 Å². The van der Waals surface area contributed by atoms with Crippen LogP contribution >= 0.6 is 15.9 Å². The number of hydrogen-bond donors (Lipinski definition) is 0. The topological polar surface area (TPSA) is 3.24 Å². The maximum absolute atomic E-state index is 14.0. The predicted octanol–water partition coefficient (Wildman–Crippen LogP) is 4.43. The first-order valence-corrected chi connectivity index (χ1v) is 7.01. The number of nitrogens with zero attached hydrogens (tertiary/aromatic N) is 1. The lowest BCUT2D eigenvalue weighted by atomic mass is 10.1. The van der Waals surface area contributed by atoms with Gasteiger partial charge < -0.3 is 4.90 Å². The van der Waals surface area contributed by atoms with Crippen LogP contribution in [0, 0.1) is 17.5 Å². The van der Waals surface area contributed by atoms with Gasteiger partial charge in [-0.05, 0) is 52.2 Å². The molecule has 104 valence electrons. The van der Waals surface area contributed by atoms with E-state index in [0.29, 0.717) is 12.2 Å². The summed E-state index contributed by atoms with van der Waals surface area (Å²) in [6.45, 7) is 0.720. The van der Waals surface area contributed by atoms with Crippen molar-refractivity contribution in [3.05, 3.63) is 63.4 Å². The van der Waals surface area contributed by atoms with Crippen molar-refractivity contribution in [2.75, 3.05) is 11.4 Å². The number of benzene rings is 2. The Balaban J connectivity index is 1.95. The molecule has 2 aromatic carbocycles. The first kappa shape index (κ1) is 13.5. The Kier molecular flexibility index (Phi) is 3.46. The molecule has 5 heteroatoms. The first-order valence-electron chi connectivity index (χ1n) is 6.22. The third kappa shape index (κ3) is 2.30. The zero-order valence-electron chi connectivity index (χ0n) is 10.5. The summed E-state index contributed by atoms with van der Waals surface area (Å²) in [4.78, 5) is 1.80. The largest absolute Gasteiger partial charge is 0.366 e. The van der Waals surface area contributed by atoms with Gasteiger partial charge in [-0.3, -0.25) is 0 Å². The van der Waals surface area contributed by atoms with Gasteiger partial charge in [-0.2, -0.15) is 0 Å². The van der Waals surface area contributed by atoms with Crippen molar-refractivity contribution in [3.63, 3.8) is 0 Å². The van der Waals surface area contributed by atoms with Gasteiger partial charge in [-0.25, -0.2) is 13.2 Å². The summed E-state index contributed by atoms with van der Waals surface area (Å²) in [5.74, 6) is -1.53. The van der Waals surface area contributed by atoms with E-state index >= 15 is 0 Å². The molecule has 0 aromatic heterocycles. The predicted molar refractivity (Wildman–Crippen MR) is 75.2 cm³/mol. The number of fused-ring (bicyclic) bond motifs is 1. The molecule has 0 spiro atoms. The number of rotatable bonds is 2. The molecule has 0 radical (unpaired) electrons. The Hall–Kier alpha value is -1.49. The second kappa shape index (κ2) is 5.13. The van der Waals surface area contributed by atoms with Crippen LogP contribution in [0.4, 0.5) is 18.9 Å². The summed E-state index contributed by atoms with van der Waals surface area (Å²) < 4.78 is 41.3. The van der Waals surface area contributed by atoms with Crippen LogP contribution in [0.2, 0.25) is 0 Å². The van der Waals surface area contributed by atoms with Crippen LogP contribution < -0.4 is 4.90 Å². The molecule has 0 N–H and O–H groups in total. The zero-order valence-corrected chi connectivity index (χ0v) is 12.1. The van der Waals surface area contributed by atoms with E-state index < -0.39 is 11.6 Å². The molecule has 1 aliphatic heterocycles.